The molecule has 0 spiro atoms. The van der Waals surface area contributed by atoms with E-state index in [1.165, 1.54) is 11.6 Å². The summed E-state index contributed by atoms with van der Waals surface area (Å²) in [6.07, 6.45) is 2.98. The largest absolute Gasteiger partial charge is 0.493 e. The molecule has 158 valence electrons. The summed E-state index contributed by atoms with van der Waals surface area (Å²) in [6, 6.07) is 21.6. The third kappa shape index (κ3) is 4.45. The van der Waals surface area contributed by atoms with Crippen molar-refractivity contribution in [3.05, 3.63) is 83.8 Å². The molecule has 1 saturated heterocycles. The van der Waals surface area contributed by atoms with Gasteiger partial charge >= 0.3 is 0 Å². The molecule has 3 aromatic rings. The molecule has 2 heterocycles. The normalized spacial score (nSPS) is 15.9. The van der Waals surface area contributed by atoms with E-state index >= 15 is 4.39 Å². The molecule has 0 radical (unpaired) electrons. The lowest BCUT2D eigenvalue weighted by molar-refractivity contribution is 0.178. The predicted molar refractivity (Wildman–Crippen MR) is 119 cm³/mol. The molecule has 2 aromatic carbocycles. The standard InChI is InChI=1S/C26H26FN3O/c1-2-31-24-11-7-6-10-22(24)25-23(27)16-21(17-29-25)26(19-28)12-14-30(15-13-26)18-20-8-4-3-5-9-20/h3-11,16-17H,2,12-15,18H2,1H3. The third-order valence-electron chi connectivity index (χ3n) is 6.01. The fourth-order valence-corrected chi connectivity index (χ4v) is 4.24. The average Bonchev–Trinajstić information content (AvgIpc) is 2.81. The molecule has 1 aliphatic heterocycles. The Morgan fingerprint density at radius 3 is 2.48 bits per heavy atom. The van der Waals surface area contributed by atoms with E-state index in [9.17, 15) is 5.26 Å². The minimum atomic E-state index is -0.709. The van der Waals surface area contributed by atoms with Gasteiger partial charge in [0.25, 0.3) is 0 Å². The summed E-state index contributed by atoms with van der Waals surface area (Å²) in [5, 5.41) is 10.0. The van der Waals surface area contributed by atoms with Gasteiger partial charge < -0.3 is 4.74 Å². The molecular weight excluding hydrogens is 389 g/mol. The van der Waals surface area contributed by atoms with Gasteiger partial charge in [-0.15, -0.1) is 0 Å². The number of hydrogen-bond acceptors (Lipinski definition) is 4. The van der Waals surface area contributed by atoms with Crippen molar-refractivity contribution in [2.45, 2.75) is 31.7 Å². The zero-order chi connectivity index (χ0) is 21.7. The molecule has 1 aliphatic rings. The van der Waals surface area contributed by atoms with Crippen molar-refractivity contribution >= 4 is 0 Å². The van der Waals surface area contributed by atoms with Crippen molar-refractivity contribution in [1.29, 1.82) is 5.26 Å². The van der Waals surface area contributed by atoms with Crippen LogP contribution >= 0.6 is 0 Å². The number of benzene rings is 2. The summed E-state index contributed by atoms with van der Waals surface area (Å²) in [5.41, 5.74) is 2.08. The number of nitriles is 1. The zero-order valence-corrected chi connectivity index (χ0v) is 17.7. The first-order valence-electron chi connectivity index (χ1n) is 10.7. The van der Waals surface area contributed by atoms with E-state index in [1.54, 1.807) is 12.3 Å². The summed E-state index contributed by atoms with van der Waals surface area (Å²) in [5.74, 6) is 0.180. The summed E-state index contributed by atoms with van der Waals surface area (Å²) < 4.78 is 20.8. The minimum absolute atomic E-state index is 0.252. The lowest BCUT2D eigenvalue weighted by Crippen LogP contribution is -2.41. The van der Waals surface area contributed by atoms with E-state index in [-0.39, 0.29) is 5.69 Å². The van der Waals surface area contributed by atoms with Crippen LogP contribution in [0.15, 0.2) is 66.9 Å². The van der Waals surface area contributed by atoms with Crippen molar-refractivity contribution in [3.63, 3.8) is 0 Å². The highest BCUT2D eigenvalue weighted by Gasteiger charge is 2.37. The Labute approximate surface area is 182 Å². The number of rotatable bonds is 6. The summed E-state index contributed by atoms with van der Waals surface area (Å²) >= 11 is 0. The lowest BCUT2D eigenvalue weighted by atomic mass is 9.74. The molecule has 0 N–H and O–H groups in total. The Bertz CT molecular complexity index is 1070. The van der Waals surface area contributed by atoms with Crippen LogP contribution in [-0.2, 0) is 12.0 Å². The van der Waals surface area contributed by atoms with Crippen molar-refractivity contribution in [1.82, 2.24) is 9.88 Å². The molecule has 4 nitrogen and oxygen atoms in total. The Balaban J connectivity index is 1.54. The van der Waals surface area contributed by atoms with Crippen LogP contribution < -0.4 is 4.74 Å². The van der Waals surface area contributed by atoms with E-state index in [1.807, 2.05) is 43.3 Å². The maximum Gasteiger partial charge on any atom is 0.149 e. The van der Waals surface area contributed by atoms with E-state index in [0.717, 1.165) is 19.6 Å². The second-order valence-corrected chi connectivity index (χ2v) is 7.94. The molecule has 4 rings (SSSR count). The molecule has 0 amide bonds. The number of halogens is 1. The molecule has 0 aliphatic carbocycles. The molecular formula is C26H26FN3O. The van der Waals surface area contributed by atoms with Gasteiger partial charge in [0.15, 0.2) is 0 Å². The summed E-state index contributed by atoms with van der Waals surface area (Å²) in [7, 11) is 0. The smallest absolute Gasteiger partial charge is 0.149 e. The number of aromatic nitrogens is 1. The maximum atomic E-state index is 15.1. The highest BCUT2D eigenvalue weighted by molar-refractivity contribution is 5.67. The first kappa shape index (κ1) is 21.0. The molecule has 31 heavy (non-hydrogen) atoms. The number of pyridine rings is 1. The van der Waals surface area contributed by atoms with Crippen molar-refractivity contribution in [2.24, 2.45) is 0 Å². The Hall–Kier alpha value is -3.23. The highest BCUT2D eigenvalue weighted by atomic mass is 19.1. The first-order valence-corrected chi connectivity index (χ1v) is 10.7. The van der Waals surface area contributed by atoms with Crippen LogP contribution in [0, 0.1) is 17.1 Å². The topological polar surface area (TPSA) is 49.1 Å². The van der Waals surface area contributed by atoms with E-state index in [4.69, 9.17) is 4.74 Å². The minimum Gasteiger partial charge on any atom is -0.493 e. The fraction of sp³-hybridized carbons (Fsp3) is 0.308. The van der Waals surface area contributed by atoms with Gasteiger partial charge in [0.2, 0.25) is 0 Å². The predicted octanol–water partition coefficient (Wildman–Crippen LogP) is 5.34. The quantitative estimate of drug-likeness (QED) is 0.545. The van der Waals surface area contributed by atoms with Crippen LogP contribution in [0.5, 0.6) is 5.75 Å². The van der Waals surface area contributed by atoms with E-state index in [0.29, 0.717) is 36.3 Å². The Morgan fingerprint density at radius 2 is 1.81 bits per heavy atom. The molecule has 0 saturated carbocycles. The van der Waals surface area contributed by atoms with Crippen LogP contribution in [0.1, 0.15) is 30.9 Å². The van der Waals surface area contributed by atoms with Crippen LogP contribution in [-0.4, -0.2) is 29.6 Å². The van der Waals surface area contributed by atoms with E-state index < -0.39 is 11.2 Å². The van der Waals surface area contributed by atoms with Gasteiger partial charge in [-0.3, -0.25) is 9.88 Å². The number of nitrogens with zero attached hydrogens (tertiary/aromatic N) is 3. The van der Waals surface area contributed by atoms with Crippen LogP contribution in [0.25, 0.3) is 11.3 Å². The monoisotopic (exact) mass is 415 g/mol. The van der Waals surface area contributed by atoms with Gasteiger partial charge in [-0.1, -0.05) is 42.5 Å². The SMILES string of the molecule is CCOc1ccccc1-c1ncc(C2(C#N)CCN(Cc3ccccc3)CC2)cc1F. The summed E-state index contributed by atoms with van der Waals surface area (Å²) in [6.45, 7) is 4.83. The number of ether oxygens (including phenoxy) is 1. The number of hydrogen-bond donors (Lipinski definition) is 0. The third-order valence-corrected chi connectivity index (χ3v) is 6.01. The van der Waals surface area contributed by atoms with Gasteiger partial charge in [0, 0.05) is 31.4 Å². The molecule has 1 fully saturated rings. The Morgan fingerprint density at radius 1 is 1.10 bits per heavy atom. The van der Waals surface area contributed by atoms with Gasteiger partial charge in [-0.05, 0) is 49.1 Å². The maximum absolute atomic E-state index is 15.1. The zero-order valence-electron chi connectivity index (χ0n) is 17.7. The van der Waals surface area contributed by atoms with Crippen LogP contribution in [0.2, 0.25) is 0 Å². The molecule has 0 bridgehead atoms. The second kappa shape index (κ2) is 9.28. The average molecular weight is 416 g/mol. The number of likely N-dealkylation sites (tertiary alicyclic amines) is 1. The lowest BCUT2D eigenvalue weighted by Gasteiger charge is -2.37. The van der Waals surface area contributed by atoms with Crippen LogP contribution in [0.4, 0.5) is 4.39 Å². The summed E-state index contributed by atoms with van der Waals surface area (Å²) in [4.78, 5) is 6.78. The van der Waals surface area contributed by atoms with Crippen LogP contribution in [0.3, 0.4) is 0 Å². The van der Waals surface area contributed by atoms with Gasteiger partial charge in [0.1, 0.15) is 17.3 Å². The molecule has 0 atom stereocenters. The Kier molecular flexibility index (Phi) is 6.29. The molecule has 0 unspecified atom stereocenters. The second-order valence-electron chi connectivity index (χ2n) is 7.94. The first-order chi connectivity index (χ1) is 15.1. The van der Waals surface area contributed by atoms with E-state index in [2.05, 4.69) is 28.1 Å². The van der Waals surface area contributed by atoms with Gasteiger partial charge in [0.05, 0.1) is 18.1 Å². The molecule has 1 aromatic heterocycles. The highest BCUT2D eigenvalue weighted by Crippen LogP contribution is 2.37. The number of piperidine rings is 1. The number of para-hydroxylation sites is 1. The van der Waals surface area contributed by atoms with Gasteiger partial charge in [-0.2, -0.15) is 5.26 Å². The van der Waals surface area contributed by atoms with Crippen molar-refractivity contribution in [2.75, 3.05) is 19.7 Å². The molecule has 5 heteroatoms. The van der Waals surface area contributed by atoms with Crippen molar-refractivity contribution in [3.8, 4) is 23.1 Å². The van der Waals surface area contributed by atoms with Gasteiger partial charge in [-0.25, -0.2) is 4.39 Å². The van der Waals surface area contributed by atoms with Crippen molar-refractivity contribution < 1.29 is 9.13 Å². The fourth-order valence-electron chi connectivity index (χ4n) is 4.24.